The van der Waals surface area contributed by atoms with Crippen molar-refractivity contribution in [3.63, 3.8) is 0 Å². The average Bonchev–Trinajstić information content (AvgIpc) is 3.06. The molecule has 6 heteroatoms. The first-order valence-corrected chi connectivity index (χ1v) is 13.8. The zero-order valence-electron chi connectivity index (χ0n) is 24.7. The van der Waals surface area contributed by atoms with E-state index in [1.165, 1.54) is 23.1 Å². The minimum Gasteiger partial charge on any atom is -0.445 e. The summed E-state index contributed by atoms with van der Waals surface area (Å²) < 4.78 is 18.3. The van der Waals surface area contributed by atoms with Gasteiger partial charge in [-0.3, -0.25) is 0 Å². The number of amides is 1. The lowest BCUT2D eigenvalue weighted by Crippen LogP contribution is -2.41. The number of rotatable bonds is 6. The fourth-order valence-corrected chi connectivity index (χ4v) is 5.24. The predicted octanol–water partition coefficient (Wildman–Crippen LogP) is 7.29. The molecule has 2 aromatic carbocycles. The number of benzene rings is 2. The first kappa shape index (κ1) is 28.4. The molecule has 0 radical (unpaired) electrons. The zero-order chi connectivity index (χ0) is 27.9. The molecule has 0 atom stereocenters. The van der Waals surface area contributed by atoms with Gasteiger partial charge in [0, 0.05) is 6.54 Å². The second kappa shape index (κ2) is 10.2. The van der Waals surface area contributed by atoms with Gasteiger partial charge in [-0.1, -0.05) is 76.2 Å². The summed E-state index contributed by atoms with van der Waals surface area (Å²) in [5, 5.41) is 2.93. The monoisotopic (exact) mass is 517 g/mol. The quantitative estimate of drug-likeness (QED) is 0.409. The van der Waals surface area contributed by atoms with Crippen molar-refractivity contribution < 1.29 is 18.8 Å². The summed E-state index contributed by atoms with van der Waals surface area (Å²) in [7, 11) is -0.575. The lowest BCUT2D eigenvalue weighted by molar-refractivity contribution is 0.00578. The maximum Gasteiger partial charge on any atom is 0.492 e. The van der Waals surface area contributed by atoms with Gasteiger partial charge in [-0.05, 0) is 91.6 Å². The number of hydrogen-bond donors (Lipinski definition) is 1. The Hall–Kier alpha value is -2.57. The maximum absolute atomic E-state index is 12.6. The van der Waals surface area contributed by atoms with Crippen molar-refractivity contribution >= 4 is 19.3 Å². The number of fused-ring (bicyclic) bond motifs is 1. The lowest BCUT2D eigenvalue weighted by atomic mass is 9.62. The van der Waals surface area contributed by atoms with Crippen LogP contribution in [0.1, 0.15) is 96.0 Å². The molecule has 5 nitrogen and oxygen atoms in total. The molecule has 0 saturated carbocycles. The number of hydrogen-bond acceptors (Lipinski definition) is 4. The van der Waals surface area contributed by atoms with Crippen LogP contribution in [0.2, 0.25) is 0 Å². The molecule has 1 fully saturated rings. The number of aryl methyl sites for hydroxylation is 1. The molecule has 4 rings (SSSR count). The molecule has 1 heterocycles. The maximum atomic E-state index is 12.6. The summed E-state index contributed by atoms with van der Waals surface area (Å²) in [5.41, 5.74) is 6.24. The number of alkyl carbamates (subject to hydrolysis) is 1. The zero-order valence-corrected chi connectivity index (χ0v) is 24.7. The van der Waals surface area contributed by atoms with Crippen molar-refractivity contribution in [1.82, 2.24) is 5.32 Å². The summed E-state index contributed by atoms with van der Waals surface area (Å²) in [6.45, 7) is 20.2. The highest BCUT2D eigenvalue weighted by molar-refractivity contribution is 6.56. The molecule has 1 aliphatic carbocycles. The predicted molar refractivity (Wildman–Crippen MR) is 155 cm³/mol. The van der Waals surface area contributed by atoms with E-state index in [1.807, 2.05) is 58.0 Å². The van der Waals surface area contributed by atoms with Crippen LogP contribution in [0, 0.1) is 6.92 Å². The van der Waals surface area contributed by atoms with Gasteiger partial charge in [0.25, 0.3) is 0 Å². The highest BCUT2D eigenvalue weighted by Gasteiger charge is 2.52. The third-order valence-corrected chi connectivity index (χ3v) is 8.79. The fourth-order valence-electron chi connectivity index (χ4n) is 5.24. The first-order valence-electron chi connectivity index (χ1n) is 13.8. The van der Waals surface area contributed by atoms with Crippen molar-refractivity contribution in [3.05, 3.63) is 75.8 Å². The van der Waals surface area contributed by atoms with Gasteiger partial charge in [0.05, 0.1) is 11.2 Å². The minimum atomic E-state index is -0.575. The Morgan fingerprint density at radius 3 is 2.05 bits per heavy atom. The van der Waals surface area contributed by atoms with Gasteiger partial charge in [0.1, 0.15) is 6.61 Å². The molecule has 0 bridgehead atoms. The summed E-state index contributed by atoms with van der Waals surface area (Å²) in [5.74, 6) is 0. The summed E-state index contributed by atoms with van der Waals surface area (Å²) in [4.78, 5) is 12.6. The molecule has 2 aliphatic rings. The van der Waals surface area contributed by atoms with Gasteiger partial charge in [0.15, 0.2) is 0 Å². The van der Waals surface area contributed by atoms with Gasteiger partial charge >= 0.3 is 13.2 Å². The van der Waals surface area contributed by atoms with Crippen LogP contribution in [0.25, 0.3) is 6.08 Å². The third kappa shape index (κ3) is 5.87. The summed E-state index contributed by atoms with van der Waals surface area (Å²) in [6.07, 6.45) is 3.99. The van der Waals surface area contributed by atoms with Gasteiger partial charge in [0.2, 0.25) is 0 Å². The first-order chi connectivity index (χ1) is 17.6. The van der Waals surface area contributed by atoms with E-state index in [-0.39, 0.29) is 24.0 Å². The Labute approximate surface area is 229 Å². The van der Waals surface area contributed by atoms with Crippen LogP contribution in [0.15, 0.2) is 47.9 Å². The van der Waals surface area contributed by atoms with Crippen molar-refractivity contribution in [1.29, 1.82) is 0 Å². The Morgan fingerprint density at radius 1 is 0.921 bits per heavy atom. The smallest absolute Gasteiger partial charge is 0.445 e. The highest BCUT2D eigenvalue weighted by atomic mass is 16.7. The average molecular weight is 518 g/mol. The van der Waals surface area contributed by atoms with Crippen molar-refractivity contribution in [2.75, 3.05) is 6.54 Å². The van der Waals surface area contributed by atoms with Crippen molar-refractivity contribution in [3.8, 4) is 0 Å². The van der Waals surface area contributed by atoms with Crippen LogP contribution in [0.5, 0.6) is 0 Å². The van der Waals surface area contributed by atoms with Gasteiger partial charge in [-0.2, -0.15) is 0 Å². The molecular weight excluding hydrogens is 473 g/mol. The van der Waals surface area contributed by atoms with E-state index in [0.29, 0.717) is 0 Å². The van der Waals surface area contributed by atoms with Crippen LogP contribution in [-0.2, 0) is 31.5 Å². The van der Waals surface area contributed by atoms with Crippen LogP contribution in [-0.4, -0.2) is 31.0 Å². The minimum absolute atomic E-state index is 0.102. The molecular formula is C32H44BNO4. The molecule has 1 amide bonds. The third-order valence-electron chi connectivity index (χ3n) is 8.79. The molecule has 1 N–H and O–H groups in total. The number of carbonyl (C=O) groups is 1. The Bertz CT molecular complexity index is 1200. The van der Waals surface area contributed by atoms with E-state index in [1.54, 1.807) is 0 Å². The van der Waals surface area contributed by atoms with Crippen LogP contribution >= 0.6 is 0 Å². The molecule has 204 valence electrons. The normalized spacial score (nSPS) is 21.1. The largest absolute Gasteiger partial charge is 0.492 e. The van der Waals surface area contributed by atoms with Crippen LogP contribution in [0.4, 0.5) is 4.79 Å². The molecule has 1 aliphatic heterocycles. The van der Waals surface area contributed by atoms with Gasteiger partial charge in [-0.25, -0.2) is 4.79 Å². The summed E-state index contributed by atoms with van der Waals surface area (Å²) in [6, 6.07) is 14.4. The SMILES string of the molecule is Cc1cc2c(cc1C=C(CNC(=O)OCc1ccccc1)B1OC(C)(C)C(C)(C)O1)C(C)(C)CCC2(C)C. The van der Waals surface area contributed by atoms with E-state index in [4.69, 9.17) is 14.0 Å². The lowest BCUT2D eigenvalue weighted by Gasteiger charge is -2.42. The number of carbonyl (C=O) groups excluding carboxylic acids is 1. The molecule has 0 aromatic heterocycles. The van der Waals surface area contributed by atoms with Crippen LogP contribution in [0.3, 0.4) is 0 Å². The number of ether oxygens (including phenoxy) is 1. The molecule has 2 aromatic rings. The Balaban J connectivity index is 1.63. The molecule has 0 spiro atoms. The van der Waals surface area contributed by atoms with E-state index in [9.17, 15) is 4.79 Å². The van der Waals surface area contributed by atoms with Crippen molar-refractivity contribution in [2.24, 2.45) is 0 Å². The van der Waals surface area contributed by atoms with E-state index >= 15 is 0 Å². The topological polar surface area (TPSA) is 56.8 Å². The van der Waals surface area contributed by atoms with Gasteiger partial charge < -0.3 is 19.4 Å². The molecule has 38 heavy (non-hydrogen) atoms. The number of nitrogens with one attached hydrogen (secondary N) is 1. The molecule has 1 saturated heterocycles. The second-order valence-electron chi connectivity index (χ2n) is 13.2. The second-order valence-corrected chi connectivity index (χ2v) is 13.2. The van der Waals surface area contributed by atoms with E-state index < -0.39 is 24.4 Å². The fraction of sp³-hybridized carbons (Fsp3) is 0.531. The van der Waals surface area contributed by atoms with E-state index in [0.717, 1.165) is 23.0 Å². The van der Waals surface area contributed by atoms with E-state index in [2.05, 4.69) is 58.1 Å². The van der Waals surface area contributed by atoms with Gasteiger partial charge in [-0.15, -0.1) is 0 Å². The Morgan fingerprint density at radius 2 is 1.47 bits per heavy atom. The highest BCUT2D eigenvalue weighted by Crippen LogP contribution is 2.47. The standard InChI is InChI=1S/C32H44BNO4/c1-22-17-26-27(30(4,5)16-15-29(26,2)3)19-24(22)18-25(33-37-31(6,7)32(8,9)38-33)20-34-28(35)36-21-23-13-11-10-12-14-23/h10-14,17-19H,15-16,20-21H2,1-9H3,(H,34,35). The molecule has 0 unspecified atom stereocenters. The van der Waals surface area contributed by atoms with Crippen molar-refractivity contribution in [2.45, 2.75) is 104 Å². The van der Waals surface area contributed by atoms with Crippen LogP contribution < -0.4 is 5.32 Å². The Kier molecular flexibility index (Phi) is 7.63. The summed E-state index contributed by atoms with van der Waals surface area (Å²) >= 11 is 0.